The van der Waals surface area contributed by atoms with Gasteiger partial charge in [-0.2, -0.15) is 0 Å². The lowest BCUT2D eigenvalue weighted by molar-refractivity contribution is -0.807. The molecule has 40 heavy (non-hydrogen) atoms. The average molecular weight is 552 g/mol. The highest BCUT2D eigenvalue weighted by Gasteiger charge is 2.46. The monoisotopic (exact) mass is 551 g/mol. The van der Waals surface area contributed by atoms with Crippen LogP contribution in [0.2, 0.25) is 0 Å². The van der Waals surface area contributed by atoms with Crippen LogP contribution in [0.4, 0.5) is 0 Å². The van der Waals surface area contributed by atoms with Crippen molar-refractivity contribution in [2.45, 2.75) is 72.5 Å². The lowest BCUT2D eigenvalue weighted by atomic mass is 9.87. The number of carbonyl (C=O) groups excluding carboxylic acids is 3. The van der Waals surface area contributed by atoms with E-state index >= 15 is 0 Å². The summed E-state index contributed by atoms with van der Waals surface area (Å²) in [5.41, 5.74) is 2.52. The molecule has 0 saturated carbocycles. The third-order valence-electron chi connectivity index (χ3n) is 7.29. The third-order valence-corrected chi connectivity index (χ3v) is 7.29. The standard InChI is InChI=1S/C29H33N3O8/c1-16-17(2)25-22(18(3)24(16)37-20(5)33)12-14-29(6,39-25)28(35)38-26(23-19(4)32(36)40-31-23)27(34)30-15-13-21-10-8-7-9-11-21/h7-11,26H,12-15H2,1-6H3,(H,30,34). The Labute approximate surface area is 231 Å². The van der Waals surface area contributed by atoms with Crippen molar-refractivity contribution in [1.29, 1.82) is 0 Å². The van der Waals surface area contributed by atoms with Crippen molar-refractivity contribution >= 4 is 17.8 Å². The van der Waals surface area contributed by atoms with Gasteiger partial charge in [0, 0.05) is 37.5 Å². The summed E-state index contributed by atoms with van der Waals surface area (Å²) in [6.45, 7) is 10.1. The van der Waals surface area contributed by atoms with E-state index in [4.69, 9.17) is 14.2 Å². The van der Waals surface area contributed by atoms with Crippen LogP contribution in [0.3, 0.4) is 0 Å². The molecule has 212 valence electrons. The number of carbonyl (C=O) groups is 3. The zero-order valence-electron chi connectivity index (χ0n) is 23.5. The molecule has 3 aromatic rings. The summed E-state index contributed by atoms with van der Waals surface area (Å²) in [5, 5.41) is 18.4. The van der Waals surface area contributed by atoms with E-state index in [1.165, 1.54) is 13.8 Å². The van der Waals surface area contributed by atoms with E-state index in [1.807, 2.05) is 51.1 Å². The number of rotatable bonds is 8. The minimum Gasteiger partial charge on any atom is -0.475 e. The average Bonchev–Trinajstić information content (AvgIpc) is 3.26. The van der Waals surface area contributed by atoms with Gasteiger partial charge in [0.15, 0.2) is 5.69 Å². The Kier molecular flexibility index (Phi) is 8.13. The molecule has 0 radical (unpaired) electrons. The first-order valence-electron chi connectivity index (χ1n) is 13.0. The Morgan fingerprint density at radius 1 is 1.12 bits per heavy atom. The lowest BCUT2D eigenvalue weighted by Gasteiger charge is -2.36. The van der Waals surface area contributed by atoms with E-state index in [-0.39, 0.29) is 29.3 Å². The molecule has 0 aliphatic carbocycles. The second-order valence-corrected chi connectivity index (χ2v) is 10.2. The summed E-state index contributed by atoms with van der Waals surface area (Å²) in [4.78, 5) is 38.6. The zero-order valence-corrected chi connectivity index (χ0v) is 23.5. The lowest BCUT2D eigenvalue weighted by Crippen LogP contribution is -2.47. The zero-order chi connectivity index (χ0) is 29.2. The summed E-state index contributed by atoms with van der Waals surface area (Å²) < 4.78 is 22.1. The summed E-state index contributed by atoms with van der Waals surface area (Å²) >= 11 is 0. The molecule has 4 rings (SSSR count). The van der Waals surface area contributed by atoms with Gasteiger partial charge in [0.1, 0.15) is 11.5 Å². The molecule has 1 aliphatic heterocycles. The predicted molar refractivity (Wildman–Crippen MR) is 142 cm³/mol. The molecule has 0 saturated heterocycles. The fraction of sp³-hybridized carbons (Fsp3) is 0.414. The second kappa shape index (κ2) is 11.4. The van der Waals surface area contributed by atoms with E-state index < -0.39 is 29.6 Å². The number of aromatic nitrogens is 2. The van der Waals surface area contributed by atoms with Crippen molar-refractivity contribution in [1.82, 2.24) is 10.5 Å². The highest BCUT2D eigenvalue weighted by atomic mass is 16.8. The molecule has 1 aliphatic rings. The minimum atomic E-state index is -1.53. The van der Waals surface area contributed by atoms with Crippen molar-refractivity contribution in [3.8, 4) is 11.5 Å². The maximum Gasteiger partial charge on any atom is 0.351 e. The smallest absolute Gasteiger partial charge is 0.351 e. The van der Waals surface area contributed by atoms with Crippen molar-refractivity contribution in [2.75, 3.05) is 6.54 Å². The maximum atomic E-state index is 13.6. The first-order chi connectivity index (χ1) is 18.9. The molecule has 11 heteroatoms. The van der Waals surface area contributed by atoms with Gasteiger partial charge in [-0.25, -0.2) is 4.79 Å². The minimum absolute atomic E-state index is 0.00355. The van der Waals surface area contributed by atoms with Crippen LogP contribution in [0, 0.1) is 32.9 Å². The molecule has 1 amide bonds. The van der Waals surface area contributed by atoms with Crippen molar-refractivity contribution in [3.63, 3.8) is 0 Å². The Morgan fingerprint density at radius 2 is 1.82 bits per heavy atom. The normalized spacial score (nSPS) is 16.9. The van der Waals surface area contributed by atoms with Crippen LogP contribution in [-0.2, 0) is 32.0 Å². The highest BCUT2D eigenvalue weighted by molar-refractivity contribution is 5.87. The fourth-order valence-corrected chi connectivity index (χ4v) is 4.75. The van der Waals surface area contributed by atoms with E-state index in [9.17, 15) is 19.6 Å². The van der Waals surface area contributed by atoms with Crippen molar-refractivity contribution < 1.29 is 38.1 Å². The number of benzene rings is 2. The van der Waals surface area contributed by atoms with Gasteiger partial charge in [-0.3, -0.25) is 14.2 Å². The highest BCUT2D eigenvalue weighted by Crippen LogP contribution is 2.44. The molecule has 2 heterocycles. The Morgan fingerprint density at radius 3 is 2.45 bits per heavy atom. The fourth-order valence-electron chi connectivity index (χ4n) is 4.75. The SMILES string of the molecule is CC(=O)Oc1c(C)c(C)c2c(c1C)CCC(C)(C(=O)OC(C(=O)NCCc1ccccc1)c1no[n+]([O-])c1C)O2. The van der Waals surface area contributed by atoms with Gasteiger partial charge >= 0.3 is 11.9 Å². The van der Waals surface area contributed by atoms with Crippen molar-refractivity contribution in [2.24, 2.45) is 0 Å². The van der Waals surface area contributed by atoms with Crippen LogP contribution in [0.5, 0.6) is 11.5 Å². The number of hydrogen-bond acceptors (Lipinski definition) is 9. The van der Waals surface area contributed by atoms with Gasteiger partial charge in [0.05, 0.1) is 0 Å². The number of nitrogens with zero attached hydrogens (tertiary/aromatic N) is 2. The molecule has 0 fully saturated rings. The van der Waals surface area contributed by atoms with Gasteiger partial charge in [-0.15, -0.1) is 0 Å². The second-order valence-electron chi connectivity index (χ2n) is 10.2. The Hall–Kier alpha value is -4.41. The van der Waals surface area contributed by atoms with Gasteiger partial charge in [-0.1, -0.05) is 30.3 Å². The van der Waals surface area contributed by atoms with E-state index in [0.717, 1.165) is 27.8 Å². The van der Waals surface area contributed by atoms with E-state index in [1.54, 1.807) is 6.92 Å². The Balaban J connectivity index is 1.56. The topological polar surface area (TPSA) is 144 Å². The van der Waals surface area contributed by atoms with Gasteiger partial charge in [-0.05, 0) is 67.7 Å². The summed E-state index contributed by atoms with van der Waals surface area (Å²) in [5.74, 6) is -0.866. The summed E-state index contributed by atoms with van der Waals surface area (Å²) in [7, 11) is 0. The van der Waals surface area contributed by atoms with Crippen LogP contribution in [0.1, 0.15) is 65.6 Å². The summed E-state index contributed by atoms with van der Waals surface area (Å²) in [6, 6.07) is 9.58. The molecule has 0 bridgehead atoms. The van der Waals surface area contributed by atoms with Gasteiger partial charge in [0.25, 0.3) is 17.7 Å². The molecule has 2 aromatic carbocycles. The molecule has 2 atom stereocenters. The number of ether oxygens (including phenoxy) is 3. The van der Waals surface area contributed by atoms with Gasteiger partial charge in [0.2, 0.25) is 5.60 Å². The van der Waals surface area contributed by atoms with Crippen LogP contribution < -0.4 is 19.7 Å². The molecule has 2 unspecified atom stereocenters. The molecule has 11 nitrogen and oxygen atoms in total. The largest absolute Gasteiger partial charge is 0.475 e. The molecular formula is C29H33N3O8. The molecule has 0 spiro atoms. The first kappa shape index (κ1) is 28.6. The summed E-state index contributed by atoms with van der Waals surface area (Å²) in [6.07, 6.45) is -0.291. The first-order valence-corrected chi connectivity index (χ1v) is 13.0. The number of esters is 2. The number of nitrogens with one attached hydrogen (secondary N) is 1. The van der Waals surface area contributed by atoms with E-state index in [0.29, 0.717) is 24.3 Å². The van der Waals surface area contributed by atoms with Crippen LogP contribution in [0.15, 0.2) is 35.0 Å². The van der Waals surface area contributed by atoms with Crippen LogP contribution in [0.25, 0.3) is 0 Å². The predicted octanol–water partition coefficient (Wildman–Crippen LogP) is 3.19. The van der Waals surface area contributed by atoms with Crippen molar-refractivity contribution in [3.05, 3.63) is 74.7 Å². The molecule has 1 N–H and O–H groups in total. The third kappa shape index (κ3) is 5.63. The molecular weight excluding hydrogens is 518 g/mol. The number of amides is 1. The number of hydrogen-bond donors (Lipinski definition) is 1. The quantitative estimate of drug-likeness (QED) is 0.253. The number of fused-ring (bicyclic) bond motifs is 1. The van der Waals surface area contributed by atoms with E-state index in [2.05, 4.69) is 15.1 Å². The van der Waals surface area contributed by atoms with Gasteiger partial charge < -0.3 is 24.7 Å². The molecule has 1 aromatic heterocycles. The van der Waals surface area contributed by atoms with Crippen LogP contribution in [-0.4, -0.2) is 35.1 Å². The van der Waals surface area contributed by atoms with Crippen LogP contribution >= 0.6 is 0 Å². The Bertz CT molecular complexity index is 1450. The maximum absolute atomic E-state index is 13.6.